The van der Waals surface area contributed by atoms with Crippen LogP contribution in [0.2, 0.25) is 0 Å². The molecule has 1 rings (SSSR count). The van der Waals surface area contributed by atoms with E-state index < -0.39 is 11.6 Å². The second-order valence-corrected chi connectivity index (χ2v) is 2.75. The summed E-state index contributed by atoms with van der Waals surface area (Å²) in [5.41, 5.74) is -0.149. The quantitative estimate of drug-likeness (QED) is 0.561. The van der Waals surface area contributed by atoms with E-state index in [0.29, 0.717) is 13.0 Å². The fraction of sp³-hybridized carbons (Fsp3) is 0.273. The number of nitrogens with one attached hydrogen (secondary N) is 1. The zero-order valence-electron chi connectivity index (χ0n) is 7.90. The third kappa shape index (κ3) is 2.82. The van der Waals surface area contributed by atoms with E-state index in [4.69, 9.17) is 0 Å². The molecule has 0 atom stereocenters. The number of hydrogen-bond acceptors (Lipinski definition) is 1. The highest BCUT2D eigenvalue weighted by molar-refractivity contribution is 5.36. The lowest BCUT2D eigenvalue weighted by atomic mass is 10.2. The van der Waals surface area contributed by atoms with Crippen molar-refractivity contribution in [2.45, 2.75) is 6.42 Å². The molecule has 1 aromatic rings. The van der Waals surface area contributed by atoms with Gasteiger partial charge in [-0.15, -0.1) is 0 Å². The maximum Gasteiger partial charge on any atom is 0.141 e. The lowest BCUT2D eigenvalue weighted by Gasteiger charge is -1.95. The summed E-state index contributed by atoms with van der Waals surface area (Å²) in [6.07, 6.45) is 0.574. The molecule has 0 aliphatic rings. The molecule has 0 unspecified atom stereocenters. The Kier molecular flexibility index (Phi) is 4.09. The molecule has 0 heterocycles. The van der Waals surface area contributed by atoms with Gasteiger partial charge >= 0.3 is 0 Å². The first-order chi connectivity index (χ1) is 6.75. The summed E-state index contributed by atoms with van der Waals surface area (Å²) in [5.74, 6) is 3.95. The van der Waals surface area contributed by atoms with Crippen LogP contribution in [-0.2, 0) is 0 Å². The predicted molar refractivity (Wildman–Crippen MR) is 51.8 cm³/mol. The van der Waals surface area contributed by atoms with Crippen LogP contribution in [0.5, 0.6) is 0 Å². The molecule has 0 aromatic heterocycles. The standard InChI is InChI=1S/C11H11F2N/c1-14-8-3-2-5-9-10(12)6-4-7-11(9)13/h4,6-7,14H,3,8H2,1H3. The molecule has 3 heteroatoms. The minimum absolute atomic E-state index is 0.149. The molecule has 0 spiro atoms. The van der Waals surface area contributed by atoms with Crippen molar-refractivity contribution in [2.24, 2.45) is 0 Å². The number of halogens is 2. The second kappa shape index (κ2) is 5.36. The van der Waals surface area contributed by atoms with Gasteiger partial charge in [-0.25, -0.2) is 8.78 Å². The highest BCUT2D eigenvalue weighted by Gasteiger charge is 2.03. The Balaban J connectivity index is 2.78. The van der Waals surface area contributed by atoms with Crippen molar-refractivity contribution < 1.29 is 8.78 Å². The van der Waals surface area contributed by atoms with Gasteiger partial charge in [-0.1, -0.05) is 17.9 Å². The van der Waals surface area contributed by atoms with Crippen molar-refractivity contribution in [3.8, 4) is 11.8 Å². The first-order valence-electron chi connectivity index (χ1n) is 4.33. The van der Waals surface area contributed by atoms with Crippen molar-refractivity contribution in [1.29, 1.82) is 0 Å². The van der Waals surface area contributed by atoms with E-state index in [2.05, 4.69) is 17.2 Å². The summed E-state index contributed by atoms with van der Waals surface area (Å²) in [6.45, 7) is 0.711. The maximum atomic E-state index is 13.0. The van der Waals surface area contributed by atoms with E-state index in [9.17, 15) is 8.78 Å². The molecule has 0 saturated heterocycles. The Labute approximate surface area is 82.1 Å². The van der Waals surface area contributed by atoms with Gasteiger partial charge in [0.25, 0.3) is 0 Å². The Morgan fingerprint density at radius 2 is 1.93 bits per heavy atom. The SMILES string of the molecule is CNCCC#Cc1c(F)cccc1F. The average Bonchev–Trinajstić information content (AvgIpc) is 2.16. The highest BCUT2D eigenvalue weighted by atomic mass is 19.1. The third-order valence-electron chi connectivity index (χ3n) is 1.68. The highest BCUT2D eigenvalue weighted by Crippen LogP contribution is 2.09. The van der Waals surface area contributed by atoms with Crippen molar-refractivity contribution in [3.63, 3.8) is 0 Å². The predicted octanol–water partition coefficient (Wildman–Crippen LogP) is 1.93. The van der Waals surface area contributed by atoms with Crippen LogP contribution in [0, 0.1) is 23.5 Å². The van der Waals surface area contributed by atoms with Gasteiger partial charge in [0.05, 0.1) is 5.56 Å². The van der Waals surface area contributed by atoms with E-state index in [1.165, 1.54) is 18.2 Å². The molecule has 14 heavy (non-hydrogen) atoms. The van der Waals surface area contributed by atoms with Crippen LogP contribution in [0.3, 0.4) is 0 Å². The van der Waals surface area contributed by atoms with Crippen LogP contribution in [0.4, 0.5) is 8.78 Å². The number of rotatable bonds is 2. The molecule has 0 saturated carbocycles. The molecule has 0 amide bonds. The normalized spacial score (nSPS) is 9.36. The smallest absolute Gasteiger partial charge is 0.141 e. The molecule has 0 fully saturated rings. The zero-order chi connectivity index (χ0) is 10.4. The minimum Gasteiger partial charge on any atom is -0.319 e. The van der Waals surface area contributed by atoms with Gasteiger partial charge in [0, 0.05) is 13.0 Å². The molecule has 1 aromatic carbocycles. The van der Waals surface area contributed by atoms with Crippen LogP contribution in [-0.4, -0.2) is 13.6 Å². The average molecular weight is 195 g/mol. The molecular formula is C11H11F2N. The Bertz CT molecular complexity index is 343. The van der Waals surface area contributed by atoms with Gasteiger partial charge in [0.15, 0.2) is 0 Å². The summed E-state index contributed by atoms with van der Waals surface area (Å²) in [6, 6.07) is 3.72. The molecule has 0 aliphatic carbocycles. The molecule has 0 bridgehead atoms. The van der Waals surface area contributed by atoms with Gasteiger partial charge < -0.3 is 5.32 Å². The van der Waals surface area contributed by atoms with Crippen molar-refractivity contribution in [3.05, 3.63) is 35.4 Å². The van der Waals surface area contributed by atoms with E-state index >= 15 is 0 Å². The van der Waals surface area contributed by atoms with Gasteiger partial charge in [-0.05, 0) is 19.2 Å². The van der Waals surface area contributed by atoms with E-state index in [1.807, 2.05) is 0 Å². The fourth-order valence-electron chi connectivity index (χ4n) is 0.956. The zero-order valence-corrected chi connectivity index (χ0v) is 7.90. The molecule has 0 radical (unpaired) electrons. The minimum atomic E-state index is -0.609. The number of benzene rings is 1. The maximum absolute atomic E-state index is 13.0. The van der Waals surface area contributed by atoms with Crippen LogP contribution in [0.15, 0.2) is 18.2 Å². The van der Waals surface area contributed by atoms with Crippen molar-refractivity contribution in [1.82, 2.24) is 5.32 Å². The van der Waals surface area contributed by atoms with Crippen molar-refractivity contribution >= 4 is 0 Å². The monoisotopic (exact) mass is 195 g/mol. The Morgan fingerprint density at radius 3 is 2.50 bits per heavy atom. The first-order valence-corrected chi connectivity index (χ1v) is 4.33. The summed E-state index contributed by atoms with van der Waals surface area (Å²) >= 11 is 0. The Morgan fingerprint density at radius 1 is 1.29 bits per heavy atom. The molecule has 74 valence electrons. The van der Waals surface area contributed by atoms with Gasteiger partial charge in [0.2, 0.25) is 0 Å². The summed E-state index contributed by atoms with van der Waals surface area (Å²) in [5, 5.41) is 2.89. The molecule has 0 aliphatic heterocycles. The lowest BCUT2D eigenvalue weighted by Crippen LogP contribution is -2.05. The van der Waals surface area contributed by atoms with Gasteiger partial charge in [-0.2, -0.15) is 0 Å². The number of hydrogen-bond donors (Lipinski definition) is 1. The van der Waals surface area contributed by atoms with Crippen LogP contribution >= 0.6 is 0 Å². The molecular weight excluding hydrogens is 184 g/mol. The molecule has 1 nitrogen and oxygen atoms in total. The summed E-state index contributed by atoms with van der Waals surface area (Å²) in [7, 11) is 1.80. The van der Waals surface area contributed by atoms with Gasteiger partial charge in [0.1, 0.15) is 11.6 Å². The Hall–Kier alpha value is -1.40. The van der Waals surface area contributed by atoms with Gasteiger partial charge in [-0.3, -0.25) is 0 Å². The van der Waals surface area contributed by atoms with Crippen molar-refractivity contribution in [2.75, 3.05) is 13.6 Å². The second-order valence-electron chi connectivity index (χ2n) is 2.75. The largest absolute Gasteiger partial charge is 0.319 e. The third-order valence-corrected chi connectivity index (χ3v) is 1.68. The summed E-state index contributed by atoms with van der Waals surface area (Å²) in [4.78, 5) is 0. The van der Waals surface area contributed by atoms with Crippen LogP contribution < -0.4 is 5.32 Å². The van der Waals surface area contributed by atoms with E-state index in [1.54, 1.807) is 7.05 Å². The van der Waals surface area contributed by atoms with E-state index in [0.717, 1.165) is 0 Å². The van der Waals surface area contributed by atoms with Crippen LogP contribution in [0.1, 0.15) is 12.0 Å². The first kappa shape index (κ1) is 10.7. The molecule has 1 N–H and O–H groups in total. The topological polar surface area (TPSA) is 12.0 Å². The summed E-state index contributed by atoms with van der Waals surface area (Å²) < 4.78 is 26.0. The van der Waals surface area contributed by atoms with E-state index in [-0.39, 0.29) is 5.56 Å². The lowest BCUT2D eigenvalue weighted by molar-refractivity contribution is 0.577. The fourth-order valence-corrected chi connectivity index (χ4v) is 0.956. The van der Waals surface area contributed by atoms with Crippen LogP contribution in [0.25, 0.3) is 0 Å².